The van der Waals surface area contributed by atoms with Crippen LogP contribution in [0.5, 0.6) is 0 Å². The van der Waals surface area contributed by atoms with E-state index in [2.05, 4.69) is 15.9 Å². The van der Waals surface area contributed by atoms with Gasteiger partial charge in [-0.15, -0.1) is 0 Å². The molecule has 0 bridgehead atoms. The molecular weight excluding hydrogens is 350 g/mol. The number of halogens is 1. The number of nitro benzene ring substituents is 1. The molecule has 3 rings (SSSR count). The van der Waals surface area contributed by atoms with Crippen LogP contribution in [0.4, 0.5) is 5.69 Å². The Balaban J connectivity index is 1.97. The molecule has 1 aromatic heterocycles. The van der Waals surface area contributed by atoms with E-state index in [1.54, 1.807) is 30.3 Å². The van der Waals surface area contributed by atoms with Crippen LogP contribution in [0.3, 0.4) is 0 Å². The zero-order chi connectivity index (χ0) is 15.7. The fourth-order valence-corrected chi connectivity index (χ4v) is 2.59. The molecule has 0 spiro atoms. The summed E-state index contributed by atoms with van der Waals surface area (Å²) in [6, 6.07) is 13.3. The Hall–Kier alpha value is -2.47. The molecule has 5 nitrogen and oxygen atoms in total. The minimum Gasteiger partial charge on any atom is -0.423 e. The molecule has 0 N–H and O–H groups in total. The summed E-state index contributed by atoms with van der Waals surface area (Å²) >= 11 is 3.38. The lowest BCUT2D eigenvalue weighted by Crippen LogP contribution is -2.07. The minimum atomic E-state index is -0.453. The molecule has 0 atom stereocenters. The highest BCUT2D eigenvalue weighted by Crippen LogP contribution is 2.21. The Kier molecular flexibility index (Phi) is 3.77. The average molecular weight is 360 g/mol. The first-order chi connectivity index (χ1) is 10.5. The van der Waals surface area contributed by atoms with Crippen LogP contribution in [-0.4, -0.2) is 4.92 Å². The zero-order valence-corrected chi connectivity index (χ0v) is 12.9. The second-order valence-electron chi connectivity index (χ2n) is 4.84. The number of hydrogen-bond acceptors (Lipinski definition) is 4. The van der Waals surface area contributed by atoms with E-state index in [0.717, 1.165) is 15.4 Å². The van der Waals surface area contributed by atoms with E-state index >= 15 is 0 Å². The van der Waals surface area contributed by atoms with Crippen LogP contribution >= 0.6 is 15.9 Å². The van der Waals surface area contributed by atoms with E-state index < -0.39 is 10.5 Å². The van der Waals surface area contributed by atoms with Gasteiger partial charge in [0.15, 0.2) is 0 Å². The first-order valence-corrected chi connectivity index (χ1v) is 7.28. The number of fused-ring (bicyclic) bond motifs is 1. The third-order valence-corrected chi connectivity index (χ3v) is 3.80. The average Bonchev–Trinajstić information content (AvgIpc) is 2.49. The van der Waals surface area contributed by atoms with Gasteiger partial charge < -0.3 is 4.42 Å². The van der Waals surface area contributed by atoms with E-state index in [-0.39, 0.29) is 5.69 Å². The molecular formula is C16H10BrNO4. The van der Waals surface area contributed by atoms with Crippen molar-refractivity contribution in [3.8, 4) is 0 Å². The summed E-state index contributed by atoms with van der Waals surface area (Å²) in [5.41, 5.74) is 1.48. The molecule has 3 aromatic rings. The van der Waals surface area contributed by atoms with Crippen LogP contribution in [0, 0.1) is 10.1 Å². The van der Waals surface area contributed by atoms with Crippen LogP contribution < -0.4 is 5.63 Å². The first kappa shape index (κ1) is 14.5. The molecule has 0 unspecified atom stereocenters. The van der Waals surface area contributed by atoms with E-state index in [9.17, 15) is 14.9 Å². The van der Waals surface area contributed by atoms with E-state index in [0.29, 0.717) is 17.6 Å². The van der Waals surface area contributed by atoms with Crippen molar-refractivity contribution in [2.45, 2.75) is 6.42 Å². The molecule has 0 fully saturated rings. The Bertz CT molecular complexity index is 916. The summed E-state index contributed by atoms with van der Waals surface area (Å²) in [6.07, 6.45) is 0.364. The van der Waals surface area contributed by atoms with Crippen molar-refractivity contribution in [1.82, 2.24) is 0 Å². The molecule has 1 heterocycles. The van der Waals surface area contributed by atoms with Crippen molar-refractivity contribution in [3.63, 3.8) is 0 Å². The van der Waals surface area contributed by atoms with Gasteiger partial charge in [0.2, 0.25) is 0 Å². The predicted octanol–water partition coefficient (Wildman–Crippen LogP) is 4.05. The quantitative estimate of drug-likeness (QED) is 0.401. The fourth-order valence-electron chi connectivity index (χ4n) is 2.22. The monoisotopic (exact) mass is 359 g/mol. The summed E-state index contributed by atoms with van der Waals surface area (Å²) in [5, 5.41) is 11.5. The van der Waals surface area contributed by atoms with Crippen molar-refractivity contribution >= 4 is 32.6 Å². The number of non-ortho nitro benzene ring substituents is 1. The summed E-state index contributed by atoms with van der Waals surface area (Å²) in [7, 11) is 0. The molecule has 0 radical (unpaired) electrons. The number of benzene rings is 2. The highest BCUT2D eigenvalue weighted by atomic mass is 79.9. The van der Waals surface area contributed by atoms with Gasteiger partial charge in [-0.1, -0.05) is 28.1 Å². The van der Waals surface area contributed by atoms with Gasteiger partial charge in [0.1, 0.15) is 5.58 Å². The maximum atomic E-state index is 12.0. The van der Waals surface area contributed by atoms with Gasteiger partial charge in [0.25, 0.3) is 5.69 Å². The highest BCUT2D eigenvalue weighted by Gasteiger charge is 2.09. The minimum absolute atomic E-state index is 0.0261. The molecule has 0 aliphatic rings. The van der Waals surface area contributed by atoms with Crippen LogP contribution in [0.1, 0.15) is 11.1 Å². The van der Waals surface area contributed by atoms with E-state index in [4.69, 9.17) is 4.42 Å². The maximum Gasteiger partial charge on any atom is 0.339 e. The molecule has 0 amide bonds. The summed E-state index contributed by atoms with van der Waals surface area (Å²) < 4.78 is 6.20. The Morgan fingerprint density at radius 2 is 1.82 bits per heavy atom. The topological polar surface area (TPSA) is 73.3 Å². The van der Waals surface area contributed by atoms with Gasteiger partial charge >= 0.3 is 5.63 Å². The molecule has 0 saturated heterocycles. The third kappa shape index (κ3) is 2.92. The number of hydrogen-bond donors (Lipinski definition) is 0. The summed E-state index contributed by atoms with van der Waals surface area (Å²) in [6.45, 7) is 0. The van der Waals surface area contributed by atoms with Gasteiger partial charge in [-0.05, 0) is 29.8 Å². The van der Waals surface area contributed by atoms with Crippen molar-refractivity contribution in [3.05, 3.63) is 84.7 Å². The lowest BCUT2D eigenvalue weighted by atomic mass is 10.1. The van der Waals surface area contributed by atoms with Gasteiger partial charge in [-0.3, -0.25) is 10.1 Å². The smallest absolute Gasteiger partial charge is 0.339 e. The molecule has 110 valence electrons. The first-order valence-electron chi connectivity index (χ1n) is 6.48. The Morgan fingerprint density at radius 3 is 2.50 bits per heavy atom. The highest BCUT2D eigenvalue weighted by molar-refractivity contribution is 9.10. The van der Waals surface area contributed by atoms with E-state index in [1.165, 1.54) is 12.1 Å². The predicted molar refractivity (Wildman–Crippen MR) is 86.1 cm³/mol. The van der Waals surface area contributed by atoms with Crippen LogP contribution in [-0.2, 0) is 6.42 Å². The van der Waals surface area contributed by atoms with Crippen LogP contribution in [0.15, 0.2) is 62.2 Å². The molecule has 0 aliphatic heterocycles. The molecule has 22 heavy (non-hydrogen) atoms. The number of nitro groups is 1. The van der Waals surface area contributed by atoms with Crippen molar-refractivity contribution < 1.29 is 9.34 Å². The second kappa shape index (κ2) is 5.73. The molecule has 2 aromatic carbocycles. The van der Waals surface area contributed by atoms with Crippen LogP contribution in [0.25, 0.3) is 11.0 Å². The van der Waals surface area contributed by atoms with E-state index in [1.807, 2.05) is 6.07 Å². The molecule has 0 aliphatic carbocycles. The lowest BCUT2D eigenvalue weighted by Gasteiger charge is -2.03. The van der Waals surface area contributed by atoms with Gasteiger partial charge in [-0.2, -0.15) is 0 Å². The normalized spacial score (nSPS) is 10.8. The van der Waals surface area contributed by atoms with Crippen molar-refractivity contribution in [2.75, 3.05) is 0 Å². The zero-order valence-electron chi connectivity index (χ0n) is 11.3. The summed E-state index contributed by atoms with van der Waals surface area (Å²) in [5.74, 6) is 0. The standard InChI is InChI=1S/C16H10BrNO4/c17-13-3-6-15-11(9-13)8-12(16(19)22-15)7-10-1-4-14(5-2-10)18(20)21/h1-6,8-9H,7H2. The second-order valence-corrected chi connectivity index (χ2v) is 5.76. The Morgan fingerprint density at radius 1 is 1.09 bits per heavy atom. The van der Waals surface area contributed by atoms with Gasteiger partial charge in [0, 0.05) is 34.0 Å². The summed E-state index contributed by atoms with van der Waals surface area (Å²) in [4.78, 5) is 22.2. The lowest BCUT2D eigenvalue weighted by molar-refractivity contribution is -0.384. The van der Waals surface area contributed by atoms with Crippen molar-refractivity contribution in [2.24, 2.45) is 0 Å². The number of nitrogens with zero attached hydrogens (tertiary/aromatic N) is 1. The largest absolute Gasteiger partial charge is 0.423 e. The van der Waals surface area contributed by atoms with Gasteiger partial charge in [0.05, 0.1) is 4.92 Å². The van der Waals surface area contributed by atoms with Crippen LogP contribution in [0.2, 0.25) is 0 Å². The number of rotatable bonds is 3. The maximum absolute atomic E-state index is 12.0. The van der Waals surface area contributed by atoms with Gasteiger partial charge in [-0.25, -0.2) is 4.79 Å². The third-order valence-electron chi connectivity index (χ3n) is 3.31. The SMILES string of the molecule is O=c1oc2ccc(Br)cc2cc1Cc1ccc([N+](=O)[O-])cc1. The fraction of sp³-hybridized carbons (Fsp3) is 0.0625. The van der Waals surface area contributed by atoms with Crippen molar-refractivity contribution in [1.29, 1.82) is 0 Å². The Labute approximate surface area is 133 Å². The molecule has 0 saturated carbocycles. The molecule has 6 heteroatoms.